The minimum absolute atomic E-state index is 0.434. The van der Waals surface area contributed by atoms with Gasteiger partial charge in [0.05, 0.1) is 5.69 Å². The summed E-state index contributed by atoms with van der Waals surface area (Å²) in [5.74, 6) is 2.56. The lowest BCUT2D eigenvalue weighted by Crippen LogP contribution is -2.23. The molecule has 0 aliphatic carbocycles. The Morgan fingerprint density at radius 2 is 2.25 bits per heavy atom. The summed E-state index contributed by atoms with van der Waals surface area (Å²) in [6.07, 6.45) is 5.05. The molecule has 1 aliphatic heterocycles. The summed E-state index contributed by atoms with van der Waals surface area (Å²) in [6.45, 7) is 6.45. The number of aromatic nitrogens is 2. The molecule has 2 rings (SSSR count). The molecule has 1 fully saturated rings. The van der Waals surface area contributed by atoms with Gasteiger partial charge in [0.25, 0.3) is 0 Å². The largest absolute Gasteiger partial charge is 0.382 e. The number of aryl methyl sites for hydroxylation is 1. The first kappa shape index (κ1) is 15.5. The lowest BCUT2D eigenvalue weighted by atomic mass is 10.1. The van der Waals surface area contributed by atoms with E-state index in [1.165, 1.54) is 0 Å². The summed E-state index contributed by atoms with van der Waals surface area (Å²) >= 11 is 0. The summed E-state index contributed by atoms with van der Waals surface area (Å²) in [5.41, 5.74) is 1.03. The van der Waals surface area contributed by atoms with Gasteiger partial charge >= 0.3 is 0 Å². The van der Waals surface area contributed by atoms with Crippen LogP contribution in [0.4, 0.5) is 5.95 Å². The van der Waals surface area contributed by atoms with E-state index >= 15 is 0 Å². The lowest BCUT2D eigenvalue weighted by Gasteiger charge is -2.24. The van der Waals surface area contributed by atoms with Gasteiger partial charge in [0.2, 0.25) is 5.95 Å². The molecular weight excluding hydrogens is 274 g/mol. The molecule has 2 heterocycles. The van der Waals surface area contributed by atoms with Crippen LogP contribution in [0.3, 0.4) is 0 Å². The molecule has 0 aromatic carbocycles. The first-order valence-electron chi connectivity index (χ1n) is 7.42. The molecule has 0 spiro atoms. The minimum Gasteiger partial charge on any atom is -0.382 e. The standard InChI is InChI=1S/C14H25N3O2S/c1-3-19-8-4-7-15-14-16-12(2)11-17(14)13-5-9-20(18)10-6-13/h11,13H,3-10H2,1-2H3,(H,15,16). The maximum atomic E-state index is 11.5. The van der Waals surface area contributed by atoms with Crippen LogP contribution in [0.25, 0.3) is 0 Å². The first-order chi connectivity index (χ1) is 9.70. The van der Waals surface area contributed by atoms with Crippen LogP contribution in [0.15, 0.2) is 6.20 Å². The van der Waals surface area contributed by atoms with Crippen molar-refractivity contribution >= 4 is 16.7 Å². The van der Waals surface area contributed by atoms with Gasteiger partial charge in [0, 0.05) is 54.3 Å². The third-order valence-electron chi connectivity index (χ3n) is 3.56. The molecule has 1 N–H and O–H groups in total. The van der Waals surface area contributed by atoms with Gasteiger partial charge in [0.15, 0.2) is 0 Å². The SMILES string of the molecule is CCOCCCNc1nc(C)cn1C1CCS(=O)CC1. The highest BCUT2D eigenvalue weighted by atomic mass is 32.2. The van der Waals surface area contributed by atoms with Crippen LogP contribution in [-0.2, 0) is 15.5 Å². The highest BCUT2D eigenvalue weighted by Gasteiger charge is 2.21. The molecule has 0 radical (unpaired) electrons. The Bertz CT molecular complexity index is 438. The van der Waals surface area contributed by atoms with E-state index in [0.717, 1.165) is 62.2 Å². The summed E-state index contributed by atoms with van der Waals surface area (Å²) in [7, 11) is -0.614. The predicted molar refractivity (Wildman–Crippen MR) is 82.7 cm³/mol. The molecule has 0 amide bonds. The number of hydrogen-bond acceptors (Lipinski definition) is 4. The summed E-state index contributed by atoms with van der Waals surface area (Å²) in [4.78, 5) is 4.56. The first-order valence-corrected chi connectivity index (χ1v) is 8.91. The van der Waals surface area contributed by atoms with Crippen LogP contribution >= 0.6 is 0 Å². The molecule has 6 heteroatoms. The second-order valence-electron chi connectivity index (χ2n) is 5.17. The Hall–Kier alpha value is -0.880. The summed E-state index contributed by atoms with van der Waals surface area (Å²) in [5, 5.41) is 3.40. The fraction of sp³-hybridized carbons (Fsp3) is 0.786. The molecule has 20 heavy (non-hydrogen) atoms. The summed E-state index contributed by atoms with van der Waals surface area (Å²) in [6, 6.07) is 0.434. The molecule has 1 saturated heterocycles. The molecule has 114 valence electrons. The van der Waals surface area contributed by atoms with Crippen LogP contribution < -0.4 is 5.32 Å². The van der Waals surface area contributed by atoms with Crippen molar-refractivity contribution in [3.8, 4) is 0 Å². The number of ether oxygens (including phenoxy) is 1. The number of hydrogen-bond donors (Lipinski definition) is 1. The Morgan fingerprint density at radius 3 is 2.95 bits per heavy atom. The van der Waals surface area contributed by atoms with E-state index in [9.17, 15) is 4.21 Å². The average Bonchev–Trinajstić information content (AvgIpc) is 2.80. The van der Waals surface area contributed by atoms with Gasteiger partial charge in [-0.2, -0.15) is 0 Å². The minimum atomic E-state index is -0.614. The van der Waals surface area contributed by atoms with Gasteiger partial charge in [-0.05, 0) is 33.1 Å². The van der Waals surface area contributed by atoms with Crippen molar-refractivity contribution in [3.05, 3.63) is 11.9 Å². The Balaban J connectivity index is 1.90. The molecule has 1 aromatic rings. The maximum Gasteiger partial charge on any atom is 0.203 e. The van der Waals surface area contributed by atoms with Gasteiger partial charge < -0.3 is 14.6 Å². The fourth-order valence-electron chi connectivity index (χ4n) is 2.50. The van der Waals surface area contributed by atoms with Crippen LogP contribution in [0.5, 0.6) is 0 Å². The van der Waals surface area contributed by atoms with E-state index in [1.54, 1.807) is 0 Å². The van der Waals surface area contributed by atoms with E-state index in [4.69, 9.17) is 4.74 Å². The average molecular weight is 299 g/mol. The van der Waals surface area contributed by atoms with Crippen molar-refractivity contribution < 1.29 is 8.95 Å². The molecule has 1 aromatic heterocycles. The van der Waals surface area contributed by atoms with Crippen LogP contribution in [0, 0.1) is 6.92 Å². The second-order valence-corrected chi connectivity index (χ2v) is 6.87. The van der Waals surface area contributed by atoms with Crippen molar-refractivity contribution in [2.24, 2.45) is 0 Å². The number of rotatable bonds is 7. The van der Waals surface area contributed by atoms with Gasteiger partial charge in [-0.3, -0.25) is 4.21 Å². The Morgan fingerprint density at radius 1 is 1.50 bits per heavy atom. The van der Waals surface area contributed by atoms with Crippen molar-refractivity contribution in [1.82, 2.24) is 9.55 Å². The second kappa shape index (κ2) is 7.78. The predicted octanol–water partition coefficient (Wildman–Crippen LogP) is 2.11. The van der Waals surface area contributed by atoms with Crippen molar-refractivity contribution in [2.45, 2.75) is 39.2 Å². The molecule has 0 unspecified atom stereocenters. The zero-order valence-corrected chi connectivity index (χ0v) is 13.2. The smallest absolute Gasteiger partial charge is 0.203 e. The van der Waals surface area contributed by atoms with E-state index in [2.05, 4.69) is 21.1 Å². The van der Waals surface area contributed by atoms with Crippen molar-refractivity contribution in [3.63, 3.8) is 0 Å². The van der Waals surface area contributed by atoms with Crippen molar-refractivity contribution in [1.29, 1.82) is 0 Å². The zero-order chi connectivity index (χ0) is 14.4. The zero-order valence-electron chi connectivity index (χ0n) is 12.4. The van der Waals surface area contributed by atoms with Gasteiger partial charge in [0.1, 0.15) is 0 Å². The number of nitrogens with zero attached hydrogens (tertiary/aromatic N) is 2. The molecule has 0 saturated carbocycles. The molecule has 1 aliphatic rings. The summed E-state index contributed by atoms with van der Waals surface area (Å²) < 4.78 is 19.0. The van der Waals surface area contributed by atoms with E-state index in [1.807, 2.05) is 13.8 Å². The number of nitrogens with one attached hydrogen (secondary N) is 1. The number of anilines is 1. The quantitative estimate of drug-likeness (QED) is 0.784. The van der Waals surface area contributed by atoms with Gasteiger partial charge in [-0.1, -0.05) is 0 Å². The molecule has 0 bridgehead atoms. The maximum absolute atomic E-state index is 11.5. The van der Waals surface area contributed by atoms with E-state index in [0.29, 0.717) is 6.04 Å². The Kier molecular flexibility index (Phi) is 6.04. The normalized spacial score (nSPS) is 22.9. The third kappa shape index (κ3) is 4.31. The molecule has 5 nitrogen and oxygen atoms in total. The fourth-order valence-corrected chi connectivity index (χ4v) is 3.78. The van der Waals surface area contributed by atoms with Crippen LogP contribution in [0.2, 0.25) is 0 Å². The molecule has 0 atom stereocenters. The topological polar surface area (TPSA) is 56.1 Å². The van der Waals surface area contributed by atoms with Crippen molar-refractivity contribution in [2.75, 3.05) is 36.6 Å². The highest BCUT2D eigenvalue weighted by molar-refractivity contribution is 7.85. The monoisotopic (exact) mass is 299 g/mol. The Labute approximate surface area is 123 Å². The van der Waals surface area contributed by atoms with Gasteiger partial charge in [-0.25, -0.2) is 4.98 Å². The third-order valence-corrected chi connectivity index (χ3v) is 4.94. The van der Waals surface area contributed by atoms with Crippen LogP contribution in [-0.4, -0.2) is 45.0 Å². The van der Waals surface area contributed by atoms with E-state index in [-0.39, 0.29) is 0 Å². The molecular formula is C14H25N3O2S. The van der Waals surface area contributed by atoms with Crippen LogP contribution in [0.1, 0.15) is 37.9 Å². The van der Waals surface area contributed by atoms with E-state index < -0.39 is 10.8 Å². The highest BCUT2D eigenvalue weighted by Crippen LogP contribution is 2.26. The lowest BCUT2D eigenvalue weighted by molar-refractivity contribution is 0.147. The van der Waals surface area contributed by atoms with Gasteiger partial charge in [-0.15, -0.1) is 0 Å². The number of imidazole rings is 1.